The molecule has 0 fully saturated rings. The molecule has 0 spiro atoms. The van der Waals surface area contributed by atoms with Crippen LogP contribution in [0.3, 0.4) is 0 Å². The number of rotatable bonds is 2. The molecule has 1 aliphatic rings. The number of nitrogens with two attached hydrogens (primary N) is 1. The van der Waals surface area contributed by atoms with Crippen molar-refractivity contribution in [3.8, 4) is 0 Å². The molecule has 0 saturated heterocycles. The molecule has 114 valence electrons. The molecule has 0 aliphatic heterocycles. The molecular weight excluding hydrogens is 351 g/mol. The van der Waals surface area contributed by atoms with Crippen molar-refractivity contribution >= 4 is 28.1 Å². The van der Waals surface area contributed by atoms with Gasteiger partial charge >= 0.3 is 0 Å². The molecule has 0 saturated carbocycles. The first kappa shape index (κ1) is 14.9. The van der Waals surface area contributed by atoms with E-state index in [1.807, 2.05) is 0 Å². The van der Waals surface area contributed by atoms with Crippen molar-refractivity contribution < 1.29 is 9.60 Å². The van der Waals surface area contributed by atoms with E-state index < -0.39 is 0 Å². The molecule has 5 nitrogen and oxygen atoms in total. The van der Waals surface area contributed by atoms with Gasteiger partial charge in [0.05, 0.1) is 11.9 Å². The van der Waals surface area contributed by atoms with Gasteiger partial charge in [-0.05, 0) is 36.5 Å². The number of halogens is 2. The van der Waals surface area contributed by atoms with Gasteiger partial charge in [-0.25, -0.2) is 14.4 Å². The smallest absolute Gasteiger partial charge is 0.220 e. The third-order valence-electron chi connectivity index (χ3n) is 3.95. The predicted octanol–water partition coefficient (Wildman–Crippen LogP) is 3.23. The van der Waals surface area contributed by atoms with E-state index in [-0.39, 0.29) is 23.6 Å². The molecule has 1 aromatic carbocycles. The second-order valence-corrected chi connectivity index (χ2v) is 6.16. The molecule has 1 aliphatic carbocycles. The van der Waals surface area contributed by atoms with E-state index in [2.05, 4.69) is 31.1 Å². The Hall–Kier alpha value is -2.02. The Morgan fingerprint density at radius 2 is 2.23 bits per heavy atom. The quantitative estimate of drug-likeness (QED) is 0.486. The summed E-state index contributed by atoms with van der Waals surface area (Å²) in [5, 5.41) is 12.1. The fraction of sp³-hybridized carbons (Fsp3) is 0.267. The highest BCUT2D eigenvalue weighted by Gasteiger charge is 2.29. The molecule has 0 amide bonds. The highest BCUT2D eigenvalue weighted by atomic mass is 79.9. The minimum atomic E-state index is -0.285. The lowest BCUT2D eigenvalue weighted by Crippen LogP contribution is -2.21. The SMILES string of the molecule is Nc1ncc2c(n1)CC(c1ccc(F)cc1Br)CC2C=NO. The molecule has 2 atom stereocenters. The third kappa shape index (κ3) is 2.81. The number of fused-ring (bicyclic) bond motifs is 1. The summed E-state index contributed by atoms with van der Waals surface area (Å²) in [7, 11) is 0. The van der Waals surface area contributed by atoms with E-state index in [1.165, 1.54) is 18.3 Å². The molecule has 0 bridgehead atoms. The van der Waals surface area contributed by atoms with Gasteiger partial charge in [-0.15, -0.1) is 5.16 Å². The van der Waals surface area contributed by atoms with Crippen LogP contribution in [0.15, 0.2) is 34.0 Å². The highest BCUT2D eigenvalue weighted by molar-refractivity contribution is 9.10. The number of hydrogen-bond acceptors (Lipinski definition) is 5. The number of aromatic nitrogens is 2. The Balaban J connectivity index is 2.02. The van der Waals surface area contributed by atoms with Gasteiger partial charge in [-0.2, -0.15) is 0 Å². The molecule has 3 N–H and O–H groups in total. The molecule has 1 aromatic heterocycles. The van der Waals surface area contributed by atoms with Gasteiger partial charge in [-0.3, -0.25) is 0 Å². The van der Waals surface area contributed by atoms with Crippen LogP contribution in [-0.4, -0.2) is 21.4 Å². The van der Waals surface area contributed by atoms with Crippen LogP contribution in [0.1, 0.15) is 35.1 Å². The van der Waals surface area contributed by atoms with Gasteiger partial charge in [0.15, 0.2) is 0 Å². The van der Waals surface area contributed by atoms with Crippen molar-refractivity contribution in [2.75, 3.05) is 5.73 Å². The highest BCUT2D eigenvalue weighted by Crippen LogP contribution is 2.40. The lowest BCUT2D eigenvalue weighted by atomic mass is 9.77. The minimum absolute atomic E-state index is 0.101. The molecule has 22 heavy (non-hydrogen) atoms. The summed E-state index contributed by atoms with van der Waals surface area (Å²) in [6, 6.07) is 4.67. The van der Waals surface area contributed by atoms with Crippen LogP contribution < -0.4 is 5.73 Å². The zero-order chi connectivity index (χ0) is 15.7. The number of nitrogen functional groups attached to an aromatic ring is 1. The zero-order valence-electron chi connectivity index (χ0n) is 11.6. The van der Waals surface area contributed by atoms with Crippen LogP contribution in [0, 0.1) is 5.82 Å². The Bertz CT molecular complexity index is 737. The first-order valence-corrected chi connectivity index (χ1v) is 7.61. The van der Waals surface area contributed by atoms with E-state index in [0.717, 1.165) is 27.7 Å². The van der Waals surface area contributed by atoms with Crippen molar-refractivity contribution in [3.05, 3.63) is 51.5 Å². The largest absolute Gasteiger partial charge is 0.411 e. The van der Waals surface area contributed by atoms with Crippen molar-refractivity contribution in [2.45, 2.75) is 24.7 Å². The van der Waals surface area contributed by atoms with Crippen molar-refractivity contribution in [3.63, 3.8) is 0 Å². The maximum absolute atomic E-state index is 13.3. The first-order valence-electron chi connectivity index (χ1n) is 6.82. The number of anilines is 1. The molecule has 2 aromatic rings. The number of oxime groups is 1. The molecule has 1 heterocycles. The number of nitrogens with zero attached hydrogens (tertiary/aromatic N) is 3. The van der Waals surface area contributed by atoms with Crippen LogP contribution in [0.2, 0.25) is 0 Å². The summed E-state index contributed by atoms with van der Waals surface area (Å²) in [6.07, 6.45) is 4.57. The van der Waals surface area contributed by atoms with Crippen LogP contribution in [0.5, 0.6) is 0 Å². The summed E-state index contributed by atoms with van der Waals surface area (Å²) in [4.78, 5) is 8.32. The second-order valence-electron chi connectivity index (χ2n) is 5.30. The van der Waals surface area contributed by atoms with Gasteiger partial charge in [0, 0.05) is 22.2 Å². The van der Waals surface area contributed by atoms with Crippen LogP contribution in [-0.2, 0) is 6.42 Å². The van der Waals surface area contributed by atoms with Crippen molar-refractivity contribution in [2.24, 2.45) is 5.16 Å². The van der Waals surface area contributed by atoms with Gasteiger partial charge < -0.3 is 10.9 Å². The van der Waals surface area contributed by atoms with Crippen LogP contribution >= 0.6 is 15.9 Å². The lowest BCUT2D eigenvalue weighted by Gasteiger charge is -2.29. The summed E-state index contributed by atoms with van der Waals surface area (Å²) >= 11 is 3.42. The zero-order valence-corrected chi connectivity index (χ0v) is 13.2. The Labute approximate surface area is 135 Å². The maximum atomic E-state index is 13.3. The van der Waals surface area contributed by atoms with Gasteiger partial charge in [0.1, 0.15) is 5.82 Å². The molecule has 3 rings (SSSR count). The second kappa shape index (κ2) is 6.00. The Kier molecular flexibility index (Phi) is 4.06. The summed E-state index contributed by atoms with van der Waals surface area (Å²) in [6.45, 7) is 0. The lowest BCUT2D eigenvalue weighted by molar-refractivity contribution is 0.318. The predicted molar refractivity (Wildman–Crippen MR) is 84.6 cm³/mol. The van der Waals surface area contributed by atoms with Crippen LogP contribution in [0.25, 0.3) is 0 Å². The summed E-state index contributed by atoms with van der Waals surface area (Å²) < 4.78 is 14.0. The summed E-state index contributed by atoms with van der Waals surface area (Å²) in [5.74, 6) is -0.0415. The van der Waals surface area contributed by atoms with Gasteiger partial charge in [0.2, 0.25) is 5.95 Å². The monoisotopic (exact) mass is 364 g/mol. The molecule has 2 unspecified atom stereocenters. The van der Waals surface area contributed by atoms with Gasteiger partial charge in [-0.1, -0.05) is 22.0 Å². The molecule has 0 radical (unpaired) electrons. The fourth-order valence-corrected chi connectivity index (χ4v) is 3.63. The van der Waals surface area contributed by atoms with E-state index in [9.17, 15) is 4.39 Å². The summed E-state index contributed by atoms with van der Waals surface area (Å²) in [5.41, 5.74) is 8.43. The average molecular weight is 365 g/mol. The average Bonchev–Trinajstić information content (AvgIpc) is 2.46. The van der Waals surface area contributed by atoms with E-state index in [1.54, 1.807) is 12.3 Å². The van der Waals surface area contributed by atoms with Crippen molar-refractivity contribution in [1.29, 1.82) is 0 Å². The molecular formula is C15H14BrFN4O. The standard InChI is InChI=1S/C15H14BrFN4O/c16-13-5-10(17)1-2-11(13)8-3-9(6-20-22)12-7-19-15(18)21-14(12)4-8/h1-2,5-9,22H,3-4H2,(H2,18,19,21). The fourth-order valence-electron chi connectivity index (χ4n) is 2.96. The maximum Gasteiger partial charge on any atom is 0.220 e. The third-order valence-corrected chi connectivity index (χ3v) is 4.63. The van der Waals surface area contributed by atoms with E-state index >= 15 is 0 Å². The van der Waals surface area contributed by atoms with Gasteiger partial charge in [0.25, 0.3) is 0 Å². The number of benzene rings is 1. The van der Waals surface area contributed by atoms with Crippen molar-refractivity contribution in [1.82, 2.24) is 9.97 Å². The van der Waals surface area contributed by atoms with E-state index in [0.29, 0.717) is 6.42 Å². The van der Waals surface area contributed by atoms with E-state index in [4.69, 9.17) is 10.9 Å². The van der Waals surface area contributed by atoms with Crippen LogP contribution in [0.4, 0.5) is 10.3 Å². The number of hydrogen-bond donors (Lipinski definition) is 2. The topological polar surface area (TPSA) is 84.4 Å². The normalized spacial score (nSPS) is 21.0. The minimum Gasteiger partial charge on any atom is -0.411 e. The Morgan fingerprint density at radius 1 is 1.41 bits per heavy atom. The molecule has 7 heteroatoms. The Morgan fingerprint density at radius 3 is 2.95 bits per heavy atom. The first-order chi connectivity index (χ1) is 10.6.